The first kappa shape index (κ1) is 12.9. The molecule has 0 aliphatic rings. The summed E-state index contributed by atoms with van der Waals surface area (Å²) in [6.45, 7) is 1.77. The van der Waals surface area contributed by atoms with Crippen LogP contribution in [0.25, 0.3) is 5.69 Å². The number of nitrogens with zero attached hydrogens (tertiary/aromatic N) is 3. The van der Waals surface area contributed by atoms with E-state index in [1.165, 1.54) is 6.26 Å². The summed E-state index contributed by atoms with van der Waals surface area (Å²) >= 11 is 0. The van der Waals surface area contributed by atoms with Crippen molar-refractivity contribution < 1.29 is 9.21 Å². The van der Waals surface area contributed by atoms with E-state index >= 15 is 0 Å². The Morgan fingerprint density at radius 3 is 2.71 bits per heavy atom. The van der Waals surface area contributed by atoms with E-state index in [1.54, 1.807) is 36.0 Å². The second-order valence-electron chi connectivity index (χ2n) is 4.49. The standard InChI is InChI=1S/C14H13N5O2/c1-9-8-21-14(16-9)17-13(20)12-6-7-19(18-12)11-4-2-10(15)3-5-11/h2-8H,15H2,1H3,(H,16,17,20). The highest BCUT2D eigenvalue weighted by Crippen LogP contribution is 2.12. The van der Waals surface area contributed by atoms with Gasteiger partial charge in [0.1, 0.15) is 6.26 Å². The topological polar surface area (TPSA) is 99.0 Å². The van der Waals surface area contributed by atoms with Crippen LogP contribution in [0.4, 0.5) is 11.7 Å². The first-order chi connectivity index (χ1) is 10.1. The van der Waals surface area contributed by atoms with Crippen LogP contribution in [-0.4, -0.2) is 20.7 Å². The van der Waals surface area contributed by atoms with Crippen LogP contribution < -0.4 is 11.1 Å². The lowest BCUT2D eigenvalue weighted by molar-refractivity contribution is 0.101. The van der Waals surface area contributed by atoms with Crippen LogP contribution in [0.3, 0.4) is 0 Å². The third-order valence-corrected chi connectivity index (χ3v) is 2.82. The van der Waals surface area contributed by atoms with Crippen molar-refractivity contribution in [3.63, 3.8) is 0 Å². The number of aromatic nitrogens is 3. The predicted molar refractivity (Wildman–Crippen MR) is 77.2 cm³/mol. The van der Waals surface area contributed by atoms with E-state index in [2.05, 4.69) is 15.4 Å². The number of oxazole rings is 1. The van der Waals surface area contributed by atoms with E-state index in [0.29, 0.717) is 11.4 Å². The highest BCUT2D eigenvalue weighted by molar-refractivity contribution is 6.01. The minimum Gasteiger partial charge on any atom is -0.432 e. The molecule has 3 aromatic rings. The van der Waals surface area contributed by atoms with Crippen LogP contribution in [0, 0.1) is 6.92 Å². The molecule has 106 valence electrons. The molecule has 0 spiro atoms. The zero-order valence-electron chi connectivity index (χ0n) is 11.3. The third-order valence-electron chi connectivity index (χ3n) is 2.82. The van der Waals surface area contributed by atoms with Gasteiger partial charge in [0.05, 0.1) is 11.4 Å². The van der Waals surface area contributed by atoms with Gasteiger partial charge in [-0.3, -0.25) is 10.1 Å². The summed E-state index contributed by atoms with van der Waals surface area (Å²) in [5, 5.41) is 6.75. The zero-order valence-corrected chi connectivity index (χ0v) is 11.3. The molecule has 0 saturated carbocycles. The Morgan fingerprint density at radius 2 is 2.05 bits per heavy atom. The number of nitrogens with two attached hydrogens (primary N) is 1. The van der Waals surface area contributed by atoms with Crippen LogP contribution in [0.5, 0.6) is 0 Å². The summed E-state index contributed by atoms with van der Waals surface area (Å²) in [5.41, 5.74) is 8.08. The second kappa shape index (κ2) is 5.12. The molecule has 0 saturated heterocycles. The SMILES string of the molecule is Cc1coc(NC(=O)c2ccn(-c3ccc(N)cc3)n2)n1. The molecule has 1 aromatic carbocycles. The van der Waals surface area contributed by atoms with Crippen molar-refractivity contribution in [1.82, 2.24) is 14.8 Å². The van der Waals surface area contributed by atoms with Crippen LogP contribution >= 0.6 is 0 Å². The Labute approximate surface area is 120 Å². The second-order valence-corrected chi connectivity index (χ2v) is 4.49. The van der Waals surface area contributed by atoms with Crippen molar-refractivity contribution in [2.75, 3.05) is 11.1 Å². The Balaban J connectivity index is 1.78. The number of aryl methyl sites for hydroxylation is 1. The number of hydrogen-bond donors (Lipinski definition) is 2. The summed E-state index contributed by atoms with van der Waals surface area (Å²) in [6, 6.07) is 8.95. The lowest BCUT2D eigenvalue weighted by atomic mass is 10.3. The molecule has 0 atom stereocenters. The fourth-order valence-electron chi connectivity index (χ4n) is 1.79. The van der Waals surface area contributed by atoms with Crippen LogP contribution in [-0.2, 0) is 0 Å². The van der Waals surface area contributed by atoms with E-state index in [1.807, 2.05) is 12.1 Å². The van der Waals surface area contributed by atoms with Crippen molar-refractivity contribution >= 4 is 17.6 Å². The quantitative estimate of drug-likeness (QED) is 0.716. The van der Waals surface area contributed by atoms with Gasteiger partial charge in [-0.25, -0.2) is 4.68 Å². The van der Waals surface area contributed by atoms with Gasteiger partial charge in [0, 0.05) is 11.9 Å². The molecule has 21 heavy (non-hydrogen) atoms. The number of carbonyl (C=O) groups is 1. The molecule has 7 nitrogen and oxygen atoms in total. The number of anilines is 2. The van der Waals surface area contributed by atoms with E-state index in [9.17, 15) is 4.79 Å². The van der Waals surface area contributed by atoms with E-state index in [0.717, 1.165) is 5.69 Å². The maximum atomic E-state index is 12.0. The van der Waals surface area contributed by atoms with E-state index in [-0.39, 0.29) is 17.6 Å². The summed E-state index contributed by atoms with van der Waals surface area (Å²) in [7, 11) is 0. The molecule has 0 aliphatic carbocycles. The van der Waals surface area contributed by atoms with E-state index < -0.39 is 0 Å². The van der Waals surface area contributed by atoms with Gasteiger partial charge in [-0.05, 0) is 37.3 Å². The van der Waals surface area contributed by atoms with Crippen molar-refractivity contribution in [3.05, 3.63) is 54.2 Å². The molecular formula is C14H13N5O2. The molecule has 7 heteroatoms. The minimum atomic E-state index is -0.383. The predicted octanol–water partition coefficient (Wildman–Crippen LogP) is 2.00. The number of nitrogen functional groups attached to an aromatic ring is 1. The number of hydrogen-bond acceptors (Lipinski definition) is 5. The Bertz CT molecular complexity index is 773. The van der Waals surface area contributed by atoms with Crippen molar-refractivity contribution in [1.29, 1.82) is 0 Å². The average Bonchev–Trinajstić information content (AvgIpc) is 3.09. The Kier molecular flexibility index (Phi) is 3.15. The molecule has 3 rings (SSSR count). The van der Waals surface area contributed by atoms with Crippen molar-refractivity contribution in [3.8, 4) is 5.69 Å². The van der Waals surface area contributed by atoms with Gasteiger partial charge in [-0.15, -0.1) is 0 Å². The van der Waals surface area contributed by atoms with Crippen LogP contribution in [0.15, 0.2) is 47.2 Å². The summed E-state index contributed by atoms with van der Waals surface area (Å²) in [6.07, 6.45) is 3.16. The molecule has 2 heterocycles. The molecular weight excluding hydrogens is 270 g/mol. The molecule has 2 aromatic heterocycles. The Hall–Kier alpha value is -3.09. The summed E-state index contributed by atoms with van der Waals surface area (Å²) in [4.78, 5) is 16.0. The lowest BCUT2D eigenvalue weighted by Crippen LogP contribution is -2.13. The van der Waals surface area contributed by atoms with Crippen molar-refractivity contribution in [2.45, 2.75) is 6.92 Å². The first-order valence-corrected chi connectivity index (χ1v) is 6.27. The smallest absolute Gasteiger partial charge is 0.301 e. The van der Waals surface area contributed by atoms with Gasteiger partial charge in [0.2, 0.25) is 0 Å². The summed E-state index contributed by atoms with van der Waals surface area (Å²) in [5.74, 6) is -0.383. The Morgan fingerprint density at radius 1 is 1.29 bits per heavy atom. The zero-order chi connectivity index (χ0) is 14.8. The largest absolute Gasteiger partial charge is 0.432 e. The highest BCUT2D eigenvalue weighted by Gasteiger charge is 2.13. The third kappa shape index (κ3) is 2.76. The van der Waals surface area contributed by atoms with E-state index in [4.69, 9.17) is 10.2 Å². The first-order valence-electron chi connectivity index (χ1n) is 6.27. The highest BCUT2D eigenvalue weighted by atomic mass is 16.4. The number of carbonyl (C=O) groups excluding carboxylic acids is 1. The maximum absolute atomic E-state index is 12.0. The monoisotopic (exact) mass is 283 g/mol. The van der Waals surface area contributed by atoms with Gasteiger partial charge in [-0.2, -0.15) is 10.1 Å². The van der Waals surface area contributed by atoms with Gasteiger partial charge >= 0.3 is 6.01 Å². The normalized spacial score (nSPS) is 10.5. The minimum absolute atomic E-state index is 0.152. The molecule has 3 N–H and O–H groups in total. The molecule has 1 amide bonds. The van der Waals surface area contributed by atoms with Crippen molar-refractivity contribution in [2.24, 2.45) is 0 Å². The van der Waals surface area contributed by atoms with Crippen LogP contribution in [0.1, 0.15) is 16.2 Å². The maximum Gasteiger partial charge on any atom is 0.301 e. The van der Waals surface area contributed by atoms with Gasteiger partial charge in [0.25, 0.3) is 5.91 Å². The van der Waals surface area contributed by atoms with Gasteiger partial charge in [0.15, 0.2) is 5.69 Å². The molecule has 0 bridgehead atoms. The number of nitrogens with one attached hydrogen (secondary N) is 1. The average molecular weight is 283 g/mol. The molecule has 0 aliphatic heterocycles. The molecule has 0 unspecified atom stereocenters. The molecule has 0 fully saturated rings. The lowest BCUT2D eigenvalue weighted by Gasteiger charge is -2.01. The van der Waals surface area contributed by atoms with Gasteiger partial charge in [-0.1, -0.05) is 0 Å². The van der Waals surface area contributed by atoms with Crippen LogP contribution in [0.2, 0.25) is 0 Å². The summed E-state index contributed by atoms with van der Waals surface area (Å²) < 4.78 is 6.66. The molecule has 0 radical (unpaired) electrons. The fraction of sp³-hybridized carbons (Fsp3) is 0.0714. The fourth-order valence-corrected chi connectivity index (χ4v) is 1.79. The number of amides is 1. The van der Waals surface area contributed by atoms with Gasteiger partial charge < -0.3 is 10.2 Å². The number of rotatable bonds is 3. The number of benzene rings is 1.